The number of aliphatic hydroxyl groups is 1. The van der Waals surface area contributed by atoms with E-state index in [4.69, 9.17) is 14.2 Å². The molecule has 0 aromatic heterocycles. The van der Waals surface area contributed by atoms with Crippen molar-refractivity contribution in [2.24, 2.45) is 0 Å². The highest BCUT2D eigenvalue weighted by Crippen LogP contribution is 2.29. The minimum atomic E-state index is -0.751. The zero-order valence-corrected chi connectivity index (χ0v) is 14.8. The lowest BCUT2D eigenvalue weighted by atomic mass is 9.98. The van der Waals surface area contributed by atoms with Gasteiger partial charge in [0.1, 0.15) is 12.2 Å². The third-order valence-electron chi connectivity index (χ3n) is 4.31. The molecule has 0 aliphatic carbocycles. The third-order valence-corrected chi connectivity index (χ3v) is 4.31. The van der Waals surface area contributed by atoms with Gasteiger partial charge in [-0.05, 0) is 25.0 Å². The molecule has 1 N–H and O–H groups in total. The zero-order valence-electron chi connectivity index (χ0n) is 14.8. The van der Waals surface area contributed by atoms with E-state index >= 15 is 0 Å². The summed E-state index contributed by atoms with van der Waals surface area (Å²) in [7, 11) is 0. The number of rotatable bonds is 6. The Morgan fingerprint density at radius 3 is 2.08 bits per heavy atom. The molecular weight excluding hydrogens is 316 g/mol. The maximum atomic E-state index is 10.7. The van der Waals surface area contributed by atoms with Gasteiger partial charge in [0.25, 0.3) is 0 Å². The molecule has 1 aliphatic rings. The molecule has 1 aliphatic heterocycles. The summed E-state index contributed by atoms with van der Waals surface area (Å²) in [5.74, 6) is -0.751. The van der Waals surface area contributed by atoms with E-state index in [-0.39, 0.29) is 6.10 Å². The lowest BCUT2D eigenvalue weighted by molar-refractivity contribution is -0.337. The predicted octanol–water partition coefficient (Wildman–Crippen LogP) is 3.33. The Balaban J connectivity index is 1.60. The number of ether oxygens (including phenoxy) is 3. The number of hydrogen-bond donors (Lipinski definition) is 1. The van der Waals surface area contributed by atoms with E-state index in [9.17, 15) is 5.11 Å². The highest BCUT2D eigenvalue weighted by molar-refractivity contribution is 5.16. The first kappa shape index (κ1) is 18.1. The maximum absolute atomic E-state index is 10.7. The number of hydrogen-bond acceptors (Lipinski definition) is 4. The highest BCUT2D eigenvalue weighted by atomic mass is 16.7. The van der Waals surface area contributed by atoms with Gasteiger partial charge in [0.15, 0.2) is 5.79 Å². The molecule has 0 saturated carbocycles. The van der Waals surface area contributed by atoms with Gasteiger partial charge in [-0.1, -0.05) is 60.7 Å². The van der Waals surface area contributed by atoms with Crippen LogP contribution in [0.15, 0.2) is 60.7 Å². The molecular formula is C21H26O4. The third kappa shape index (κ3) is 5.13. The molecule has 0 amide bonds. The van der Waals surface area contributed by atoms with Crippen LogP contribution in [0.5, 0.6) is 0 Å². The van der Waals surface area contributed by atoms with Gasteiger partial charge in [-0.3, -0.25) is 0 Å². The molecule has 1 fully saturated rings. The van der Waals surface area contributed by atoms with Crippen LogP contribution in [0.25, 0.3) is 0 Å². The normalized spacial score (nSPS) is 25.6. The van der Waals surface area contributed by atoms with Crippen LogP contribution < -0.4 is 0 Å². The average Bonchev–Trinajstić information content (AvgIpc) is 2.60. The van der Waals surface area contributed by atoms with Gasteiger partial charge in [-0.15, -0.1) is 0 Å². The molecule has 4 heteroatoms. The van der Waals surface area contributed by atoms with Gasteiger partial charge in [0.05, 0.1) is 19.3 Å². The van der Waals surface area contributed by atoms with Crippen LogP contribution in [0.3, 0.4) is 0 Å². The van der Waals surface area contributed by atoms with Crippen molar-refractivity contribution in [1.82, 2.24) is 0 Å². The van der Waals surface area contributed by atoms with Crippen LogP contribution in [0.2, 0.25) is 0 Å². The minimum absolute atomic E-state index is 0.323. The van der Waals surface area contributed by atoms with Crippen LogP contribution in [-0.4, -0.2) is 35.8 Å². The van der Waals surface area contributed by atoms with E-state index in [0.717, 1.165) is 11.1 Å². The smallest absolute Gasteiger partial charge is 0.163 e. The molecule has 1 saturated heterocycles. The van der Waals surface area contributed by atoms with Crippen molar-refractivity contribution in [3.8, 4) is 0 Å². The van der Waals surface area contributed by atoms with E-state index in [0.29, 0.717) is 19.6 Å². The summed E-state index contributed by atoms with van der Waals surface area (Å²) in [6.45, 7) is 4.58. The SMILES string of the molecule is CC1(C)O[C@@H](COCc2ccccc2)[C@H](O)[C@H](Cc2ccccc2)O1. The van der Waals surface area contributed by atoms with Crippen molar-refractivity contribution >= 4 is 0 Å². The Bertz CT molecular complexity index is 641. The molecule has 3 atom stereocenters. The van der Waals surface area contributed by atoms with Gasteiger partial charge in [-0.25, -0.2) is 0 Å². The monoisotopic (exact) mass is 342 g/mol. The van der Waals surface area contributed by atoms with Gasteiger partial charge < -0.3 is 19.3 Å². The van der Waals surface area contributed by atoms with Crippen molar-refractivity contribution < 1.29 is 19.3 Å². The molecule has 25 heavy (non-hydrogen) atoms. The van der Waals surface area contributed by atoms with Crippen molar-refractivity contribution in [1.29, 1.82) is 0 Å². The lowest BCUT2D eigenvalue weighted by Crippen LogP contribution is -2.56. The summed E-state index contributed by atoms with van der Waals surface area (Å²) in [6.07, 6.45) is -0.828. The van der Waals surface area contributed by atoms with E-state index < -0.39 is 18.0 Å². The Morgan fingerprint density at radius 1 is 0.880 bits per heavy atom. The van der Waals surface area contributed by atoms with Crippen molar-refractivity contribution in [2.75, 3.05) is 6.61 Å². The van der Waals surface area contributed by atoms with Crippen LogP contribution in [0.4, 0.5) is 0 Å². The number of aliphatic hydroxyl groups excluding tert-OH is 1. The summed E-state index contributed by atoms with van der Waals surface area (Å²) in [5, 5.41) is 10.7. The summed E-state index contributed by atoms with van der Waals surface area (Å²) < 4.78 is 17.6. The van der Waals surface area contributed by atoms with Gasteiger partial charge in [0, 0.05) is 6.42 Å². The Hall–Kier alpha value is -1.72. The van der Waals surface area contributed by atoms with Gasteiger partial charge in [-0.2, -0.15) is 0 Å². The van der Waals surface area contributed by atoms with Gasteiger partial charge in [0.2, 0.25) is 0 Å². The minimum Gasteiger partial charge on any atom is -0.388 e. The first-order valence-electron chi connectivity index (χ1n) is 8.73. The second-order valence-electron chi connectivity index (χ2n) is 6.89. The Morgan fingerprint density at radius 2 is 1.44 bits per heavy atom. The molecule has 134 valence electrons. The van der Waals surface area contributed by atoms with E-state index in [1.165, 1.54) is 0 Å². The van der Waals surface area contributed by atoms with Crippen LogP contribution in [-0.2, 0) is 27.2 Å². The van der Waals surface area contributed by atoms with Crippen molar-refractivity contribution in [2.45, 2.75) is 51.0 Å². The summed E-state index contributed by atoms with van der Waals surface area (Å²) in [4.78, 5) is 0. The fourth-order valence-electron chi connectivity index (χ4n) is 3.14. The fourth-order valence-corrected chi connectivity index (χ4v) is 3.14. The predicted molar refractivity (Wildman–Crippen MR) is 96.1 cm³/mol. The van der Waals surface area contributed by atoms with Crippen LogP contribution in [0.1, 0.15) is 25.0 Å². The van der Waals surface area contributed by atoms with Crippen LogP contribution in [0, 0.1) is 0 Å². The van der Waals surface area contributed by atoms with Gasteiger partial charge >= 0.3 is 0 Å². The molecule has 1 heterocycles. The summed E-state index contributed by atoms with van der Waals surface area (Å²) >= 11 is 0. The largest absolute Gasteiger partial charge is 0.388 e. The van der Waals surface area contributed by atoms with Crippen molar-refractivity contribution in [3.05, 3.63) is 71.8 Å². The van der Waals surface area contributed by atoms with E-state index in [1.807, 2.05) is 74.5 Å². The standard InChI is InChI=1S/C21H26O4/c1-21(2)24-18(13-16-9-5-3-6-10-16)20(22)19(25-21)15-23-14-17-11-7-4-8-12-17/h3-12,18-20,22H,13-15H2,1-2H3/t18-,19-,20+/m0/s1. The molecule has 0 bridgehead atoms. The van der Waals surface area contributed by atoms with Crippen molar-refractivity contribution in [3.63, 3.8) is 0 Å². The second-order valence-corrected chi connectivity index (χ2v) is 6.89. The lowest BCUT2D eigenvalue weighted by Gasteiger charge is -2.44. The molecule has 2 aromatic rings. The Labute approximate surface area is 149 Å². The molecule has 4 nitrogen and oxygen atoms in total. The Kier molecular flexibility index (Phi) is 5.86. The van der Waals surface area contributed by atoms with E-state index in [2.05, 4.69) is 0 Å². The topological polar surface area (TPSA) is 47.9 Å². The van der Waals surface area contributed by atoms with Crippen LogP contribution >= 0.6 is 0 Å². The first-order chi connectivity index (χ1) is 12.0. The van der Waals surface area contributed by atoms with E-state index in [1.54, 1.807) is 0 Å². The number of benzene rings is 2. The molecule has 0 unspecified atom stereocenters. The molecule has 0 spiro atoms. The molecule has 0 radical (unpaired) electrons. The summed E-state index contributed by atoms with van der Waals surface area (Å²) in [5.41, 5.74) is 2.23. The molecule has 2 aromatic carbocycles. The highest BCUT2D eigenvalue weighted by Gasteiger charge is 2.42. The first-order valence-corrected chi connectivity index (χ1v) is 8.73. The average molecular weight is 342 g/mol. The quantitative estimate of drug-likeness (QED) is 0.875. The molecule has 3 rings (SSSR count). The summed E-state index contributed by atoms with van der Waals surface area (Å²) in [6, 6.07) is 20.0. The fraction of sp³-hybridized carbons (Fsp3) is 0.429. The zero-order chi connectivity index (χ0) is 17.7. The second kappa shape index (κ2) is 8.11. The maximum Gasteiger partial charge on any atom is 0.163 e.